The molecule has 0 fully saturated rings. The van der Waals surface area contributed by atoms with Gasteiger partial charge >= 0.3 is 0 Å². The van der Waals surface area contributed by atoms with E-state index in [0.29, 0.717) is 23.4 Å². The molecule has 0 aliphatic rings. The van der Waals surface area contributed by atoms with Gasteiger partial charge in [0.05, 0.1) is 5.75 Å². The van der Waals surface area contributed by atoms with E-state index in [2.05, 4.69) is 29.4 Å². The molecule has 6 nitrogen and oxygen atoms in total. The van der Waals surface area contributed by atoms with Gasteiger partial charge in [-0.1, -0.05) is 49.9 Å². The van der Waals surface area contributed by atoms with Gasteiger partial charge in [-0.2, -0.15) is 0 Å². The molecule has 31 heavy (non-hydrogen) atoms. The number of para-hydroxylation sites is 1. The number of aryl methyl sites for hydroxylation is 1. The number of amides is 1. The third-order valence-electron chi connectivity index (χ3n) is 4.43. The molecule has 1 unspecified atom stereocenters. The summed E-state index contributed by atoms with van der Waals surface area (Å²) >= 11 is 1.32. The van der Waals surface area contributed by atoms with Crippen LogP contribution in [0.25, 0.3) is 0 Å². The van der Waals surface area contributed by atoms with Gasteiger partial charge in [-0.05, 0) is 49.6 Å². The van der Waals surface area contributed by atoms with Crippen LogP contribution >= 0.6 is 11.8 Å². The van der Waals surface area contributed by atoms with Crippen molar-refractivity contribution in [2.24, 2.45) is 5.92 Å². The maximum absolute atomic E-state index is 14.0. The molecule has 0 spiro atoms. The average Bonchev–Trinajstić information content (AvgIpc) is 3.10. The van der Waals surface area contributed by atoms with E-state index >= 15 is 0 Å². The molecule has 2 aromatic carbocycles. The highest BCUT2D eigenvalue weighted by Gasteiger charge is 2.22. The molecule has 1 heterocycles. The Kier molecular flexibility index (Phi) is 7.68. The van der Waals surface area contributed by atoms with Crippen molar-refractivity contribution >= 4 is 23.4 Å². The van der Waals surface area contributed by atoms with Crippen molar-refractivity contribution < 1.29 is 13.9 Å². The zero-order valence-electron chi connectivity index (χ0n) is 18.1. The van der Waals surface area contributed by atoms with Gasteiger partial charge in [-0.3, -0.25) is 4.79 Å². The normalized spacial score (nSPS) is 12.1. The fourth-order valence-electron chi connectivity index (χ4n) is 3.08. The second kappa shape index (κ2) is 10.4. The summed E-state index contributed by atoms with van der Waals surface area (Å²) in [6.07, 6.45) is -0.501. The molecule has 3 aromatic rings. The predicted molar refractivity (Wildman–Crippen MR) is 121 cm³/mol. The van der Waals surface area contributed by atoms with Crippen LogP contribution in [0.5, 0.6) is 5.75 Å². The number of aromatic nitrogens is 3. The van der Waals surface area contributed by atoms with E-state index in [-0.39, 0.29) is 17.4 Å². The molecule has 1 atom stereocenters. The van der Waals surface area contributed by atoms with E-state index in [1.807, 2.05) is 42.7 Å². The topological polar surface area (TPSA) is 69.0 Å². The van der Waals surface area contributed by atoms with Crippen LogP contribution in [0.1, 0.15) is 38.3 Å². The first-order chi connectivity index (χ1) is 14.8. The number of hydrogen-bond donors (Lipinski definition) is 1. The smallest absolute Gasteiger partial charge is 0.234 e. The van der Waals surface area contributed by atoms with E-state index in [4.69, 9.17) is 4.74 Å². The lowest BCUT2D eigenvalue weighted by Gasteiger charge is -2.18. The first-order valence-electron chi connectivity index (χ1n) is 10.2. The molecule has 1 aromatic heterocycles. The van der Waals surface area contributed by atoms with Gasteiger partial charge in [0.2, 0.25) is 5.91 Å². The van der Waals surface area contributed by atoms with Gasteiger partial charge in [0, 0.05) is 12.2 Å². The minimum atomic E-state index is -0.501. The van der Waals surface area contributed by atoms with E-state index in [0.717, 1.165) is 11.3 Å². The number of nitrogens with zero attached hydrogens (tertiary/aromatic N) is 3. The number of carbonyl (C=O) groups is 1. The lowest BCUT2D eigenvalue weighted by atomic mass is 10.2. The summed E-state index contributed by atoms with van der Waals surface area (Å²) in [5.74, 6) is 0.751. The predicted octanol–water partition coefficient (Wildman–Crippen LogP) is 5.25. The molecule has 0 saturated heterocycles. The van der Waals surface area contributed by atoms with Crippen molar-refractivity contribution in [1.29, 1.82) is 0 Å². The van der Waals surface area contributed by atoms with Crippen molar-refractivity contribution in [2.75, 3.05) is 11.1 Å². The number of rotatable bonds is 9. The zero-order valence-corrected chi connectivity index (χ0v) is 18.9. The van der Waals surface area contributed by atoms with E-state index in [1.54, 1.807) is 18.2 Å². The van der Waals surface area contributed by atoms with Crippen LogP contribution in [0.4, 0.5) is 10.1 Å². The number of anilines is 1. The maximum atomic E-state index is 14.0. The number of benzene rings is 2. The SMILES string of the molecule is Cc1cccc(NC(=O)CSc2nnc(C(C)Oc3ccccc3F)n2CC(C)C)c1. The fraction of sp³-hybridized carbons (Fsp3) is 0.348. The minimum Gasteiger partial charge on any atom is -0.480 e. The number of nitrogens with one attached hydrogen (secondary N) is 1. The van der Waals surface area contributed by atoms with Crippen LogP contribution in [-0.4, -0.2) is 26.4 Å². The Bertz CT molecular complexity index is 1040. The Balaban J connectivity index is 1.71. The third-order valence-corrected chi connectivity index (χ3v) is 5.40. The molecule has 0 aliphatic heterocycles. The molecular formula is C23H27FN4O2S. The zero-order chi connectivity index (χ0) is 22.4. The van der Waals surface area contributed by atoms with E-state index < -0.39 is 11.9 Å². The van der Waals surface area contributed by atoms with Crippen LogP contribution in [0, 0.1) is 18.7 Å². The average molecular weight is 443 g/mol. The first-order valence-corrected chi connectivity index (χ1v) is 11.2. The highest BCUT2D eigenvalue weighted by Crippen LogP contribution is 2.27. The summed E-state index contributed by atoms with van der Waals surface area (Å²) in [7, 11) is 0. The summed E-state index contributed by atoms with van der Waals surface area (Å²) in [6.45, 7) is 8.63. The highest BCUT2D eigenvalue weighted by molar-refractivity contribution is 7.99. The van der Waals surface area contributed by atoms with Gasteiger partial charge in [0.15, 0.2) is 28.7 Å². The molecule has 1 N–H and O–H groups in total. The van der Waals surface area contributed by atoms with Gasteiger partial charge < -0.3 is 14.6 Å². The standard InChI is InChI=1S/C23H27FN4O2S/c1-15(2)13-28-22(17(4)30-20-11-6-5-10-19(20)24)26-27-23(28)31-14-21(29)25-18-9-7-8-16(3)12-18/h5-12,15,17H,13-14H2,1-4H3,(H,25,29). The largest absolute Gasteiger partial charge is 0.480 e. The number of halogens is 1. The summed E-state index contributed by atoms with van der Waals surface area (Å²) in [6, 6.07) is 13.9. The Morgan fingerprint density at radius 1 is 1.16 bits per heavy atom. The molecule has 8 heteroatoms. The minimum absolute atomic E-state index is 0.119. The van der Waals surface area contributed by atoms with E-state index in [1.165, 1.54) is 17.8 Å². The Morgan fingerprint density at radius 3 is 2.65 bits per heavy atom. The van der Waals surface area contributed by atoms with Crippen molar-refractivity contribution in [3.63, 3.8) is 0 Å². The van der Waals surface area contributed by atoms with Crippen molar-refractivity contribution in [3.8, 4) is 5.75 Å². The third kappa shape index (κ3) is 6.30. The summed E-state index contributed by atoms with van der Waals surface area (Å²) < 4.78 is 21.7. The van der Waals surface area contributed by atoms with E-state index in [9.17, 15) is 9.18 Å². The molecular weight excluding hydrogens is 415 g/mol. The van der Waals surface area contributed by atoms with Crippen molar-refractivity contribution in [1.82, 2.24) is 14.8 Å². The van der Waals surface area contributed by atoms with Gasteiger partial charge in [-0.25, -0.2) is 4.39 Å². The Hall–Kier alpha value is -2.87. The van der Waals surface area contributed by atoms with Crippen LogP contribution in [0.3, 0.4) is 0 Å². The summed E-state index contributed by atoms with van der Waals surface area (Å²) in [5.41, 5.74) is 1.84. The number of thioether (sulfide) groups is 1. The molecule has 0 aliphatic carbocycles. The molecule has 0 bridgehead atoms. The lowest BCUT2D eigenvalue weighted by Crippen LogP contribution is -2.17. The van der Waals surface area contributed by atoms with Gasteiger partial charge in [-0.15, -0.1) is 10.2 Å². The lowest BCUT2D eigenvalue weighted by molar-refractivity contribution is -0.113. The van der Waals surface area contributed by atoms with Crippen LogP contribution in [-0.2, 0) is 11.3 Å². The summed E-state index contributed by atoms with van der Waals surface area (Å²) in [4.78, 5) is 12.4. The molecule has 1 amide bonds. The quantitative estimate of drug-likeness (QED) is 0.458. The van der Waals surface area contributed by atoms with Gasteiger partial charge in [0.25, 0.3) is 0 Å². The Morgan fingerprint density at radius 2 is 1.94 bits per heavy atom. The molecule has 0 saturated carbocycles. The summed E-state index contributed by atoms with van der Waals surface area (Å²) in [5, 5.41) is 12.1. The number of carbonyl (C=O) groups excluding carboxylic acids is 1. The molecule has 164 valence electrons. The van der Waals surface area contributed by atoms with Crippen molar-refractivity contribution in [2.45, 2.75) is 45.5 Å². The molecule has 0 radical (unpaired) electrons. The molecule has 3 rings (SSSR count). The van der Waals surface area contributed by atoms with Crippen LogP contribution in [0.15, 0.2) is 53.7 Å². The van der Waals surface area contributed by atoms with Crippen LogP contribution in [0.2, 0.25) is 0 Å². The van der Waals surface area contributed by atoms with Crippen molar-refractivity contribution in [3.05, 3.63) is 65.7 Å². The van der Waals surface area contributed by atoms with Gasteiger partial charge in [0.1, 0.15) is 0 Å². The monoisotopic (exact) mass is 442 g/mol. The fourth-order valence-corrected chi connectivity index (χ4v) is 3.83. The number of hydrogen-bond acceptors (Lipinski definition) is 5. The maximum Gasteiger partial charge on any atom is 0.234 e. The number of ether oxygens (including phenoxy) is 1. The first kappa shape index (κ1) is 22.8. The second-order valence-electron chi connectivity index (χ2n) is 7.74. The Labute approximate surface area is 186 Å². The highest BCUT2D eigenvalue weighted by atomic mass is 32.2. The second-order valence-corrected chi connectivity index (χ2v) is 8.68. The van der Waals surface area contributed by atoms with Crippen LogP contribution < -0.4 is 10.1 Å².